The number of halogens is 1. The lowest BCUT2D eigenvalue weighted by Gasteiger charge is -2.17. The summed E-state index contributed by atoms with van der Waals surface area (Å²) >= 11 is 7.35. The number of thiazole rings is 1. The highest BCUT2D eigenvalue weighted by molar-refractivity contribution is 7.13. The molecule has 0 N–H and O–H groups in total. The van der Waals surface area contributed by atoms with Gasteiger partial charge in [0.15, 0.2) is 0 Å². The minimum atomic E-state index is -0.0442. The predicted molar refractivity (Wildman–Crippen MR) is 94.7 cm³/mol. The van der Waals surface area contributed by atoms with Gasteiger partial charge in [0.05, 0.1) is 17.7 Å². The molecule has 0 saturated heterocycles. The van der Waals surface area contributed by atoms with E-state index < -0.39 is 0 Å². The number of hydrogen-bond acceptors (Lipinski definition) is 4. The molecule has 0 spiro atoms. The summed E-state index contributed by atoms with van der Waals surface area (Å²) in [6, 6.07) is 7.22. The summed E-state index contributed by atoms with van der Waals surface area (Å²) in [4.78, 5) is 19.1. The van der Waals surface area contributed by atoms with Crippen molar-refractivity contribution in [1.82, 2.24) is 9.88 Å². The number of nitrogens with zero attached hydrogens (tertiary/aromatic N) is 2. The first kappa shape index (κ1) is 17.8. The fourth-order valence-corrected chi connectivity index (χ4v) is 3.02. The zero-order valence-corrected chi connectivity index (χ0v) is 15.4. The zero-order valence-electron chi connectivity index (χ0n) is 13.8. The molecule has 0 unspecified atom stereocenters. The van der Waals surface area contributed by atoms with E-state index in [4.69, 9.17) is 16.3 Å². The monoisotopic (exact) mass is 352 g/mol. The van der Waals surface area contributed by atoms with Crippen LogP contribution in [0.15, 0.2) is 30.5 Å². The third-order valence-electron chi connectivity index (χ3n) is 3.20. The Bertz CT molecular complexity index is 679. The average Bonchev–Trinajstić information content (AvgIpc) is 2.96. The van der Waals surface area contributed by atoms with Crippen LogP contribution in [0, 0.1) is 0 Å². The fraction of sp³-hybridized carbons (Fsp3) is 0.412. The van der Waals surface area contributed by atoms with E-state index in [9.17, 15) is 4.79 Å². The van der Waals surface area contributed by atoms with Crippen molar-refractivity contribution in [2.24, 2.45) is 0 Å². The van der Waals surface area contributed by atoms with Crippen LogP contribution in [0.1, 0.15) is 35.5 Å². The standard InChI is InChI=1S/C17H21ClN2O2S/c1-17(2,3)16-19-11-14(23-16)15(21)20(4)8-9-22-13-7-5-6-12(18)10-13/h5-7,10-11H,8-9H2,1-4H3. The summed E-state index contributed by atoms with van der Waals surface area (Å²) < 4.78 is 5.61. The Hall–Kier alpha value is -1.59. The number of amides is 1. The van der Waals surface area contributed by atoms with Crippen molar-refractivity contribution in [1.29, 1.82) is 0 Å². The van der Waals surface area contributed by atoms with Crippen molar-refractivity contribution in [3.05, 3.63) is 45.4 Å². The maximum Gasteiger partial charge on any atom is 0.265 e. The molecule has 0 atom stereocenters. The number of carbonyl (C=O) groups is 1. The zero-order chi connectivity index (χ0) is 17.0. The topological polar surface area (TPSA) is 42.4 Å². The normalized spacial score (nSPS) is 11.3. The van der Waals surface area contributed by atoms with Crippen molar-refractivity contribution in [2.75, 3.05) is 20.2 Å². The summed E-state index contributed by atoms with van der Waals surface area (Å²) in [6.07, 6.45) is 1.65. The Morgan fingerprint density at radius 3 is 2.74 bits per heavy atom. The van der Waals surface area contributed by atoms with Gasteiger partial charge in [0.2, 0.25) is 0 Å². The number of carbonyl (C=O) groups excluding carboxylic acids is 1. The molecule has 0 fully saturated rings. The molecule has 0 saturated carbocycles. The van der Waals surface area contributed by atoms with Gasteiger partial charge in [-0.1, -0.05) is 38.4 Å². The second-order valence-electron chi connectivity index (χ2n) is 6.31. The maximum absolute atomic E-state index is 12.4. The van der Waals surface area contributed by atoms with E-state index in [1.165, 1.54) is 11.3 Å². The first-order valence-electron chi connectivity index (χ1n) is 7.37. The quantitative estimate of drug-likeness (QED) is 0.808. The van der Waals surface area contributed by atoms with E-state index in [0.717, 1.165) is 5.01 Å². The summed E-state index contributed by atoms with van der Waals surface area (Å²) in [7, 11) is 1.76. The lowest BCUT2D eigenvalue weighted by Crippen LogP contribution is -2.30. The average molecular weight is 353 g/mol. The largest absolute Gasteiger partial charge is 0.492 e. The minimum absolute atomic E-state index is 0.0345. The third-order valence-corrected chi connectivity index (χ3v) is 4.84. The molecular formula is C17H21ClN2O2S. The molecule has 2 rings (SSSR count). The van der Waals surface area contributed by atoms with Gasteiger partial charge in [-0.05, 0) is 18.2 Å². The summed E-state index contributed by atoms with van der Waals surface area (Å²) in [5.41, 5.74) is -0.0442. The number of rotatable bonds is 5. The van der Waals surface area contributed by atoms with Crippen molar-refractivity contribution >= 4 is 28.8 Å². The number of hydrogen-bond donors (Lipinski definition) is 0. The van der Waals surface area contributed by atoms with Gasteiger partial charge in [-0.15, -0.1) is 11.3 Å². The summed E-state index contributed by atoms with van der Waals surface area (Å²) in [6.45, 7) is 7.16. The molecule has 2 aromatic rings. The van der Waals surface area contributed by atoms with Crippen LogP contribution in [0.25, 0.3) is 0 Å². The van der Waals surface area contributed by atoms with Crippen molar-refractivity contribution in [3.63, 3.8) is 0 Å². The summed E-state index contributed by atoms with van der Waals surface area (Å²) in [5, 5.41) is 1.59. The van der Waals surface area contributed by atoms with E-state index >= 15 is 0 Å². The predicted octanol–water partition coefficient (Wildman–Crippen LogP) is 4.25. The molecule has 1 aromatic heterocycles. The van der Waals surface area contributed by atoms with Gasteiger partial charge in [-0.2, -0.15) is 0 Å². The van der Waals surface area contributed by atoms with Crippen molar-refractivity contribution in [2.45, 2.75) is 26.2 Å². The Balaban J connectivity index is 1.89. The molecule has 124 valence electrons. The molecule has 0 bridgehead atoms. The Labute approximate surface area is 146 Å². The van der Waals surface area contributed by atoms with E-state index in [1.807, 2.05) is 12.1 Å². The number of aromatic nitrogens is 1. The smallest absolute Gasteiger partial charge is 0.265 e. The molecule has 6 heteroatoms. The molecule has 1 aromatic carbocycles. The van der Waals surface area contributed by atoms with Gasteiger partial charge in [-0.3, -0.25) is 4.79 Å². The third kappa shape index (κ3) is 4.94. The van der Waals surface area contributed by atoms with E-state index in [0.29, 0.717) is 28.8 Å². The van der Waals surface area contributed by atoms with E-state index in [2.05, 4.69) is 25.8 Å². The Kier molecular flexibility index (Phi) is 5.65. The second-order valence-corrected chi connectivity index (χ2v) is 7.78. The molecule has 0 radical (unpaired) electrons. The van der Waals surface area contributed by atoms with Gasteiger partial charge in [-0.25, -0.2) is 4.98 Å². The van der Waals surface area contributed by atoms with Crippen LogP contribution in [0.2, 0.25) is 5.02 Å². The van der Waals surface area contributed by atoms with Gasteiger partial charge < -0.3 is 9.64 Å². The van der Waals surface area contributed by atoms with Crippen LogP contribution in [0.5, 0.6) is 5.75 Å². The Morgan fingerprint density at radius 1 is 1.39 bits per heavy atom. The van der Waals surface area contributed by atoms with Crippen LogP contribution >= 0.6 is 22.9 Å². The highest BCUT2D eigenvalue weighted by Crippen LogP contribution is 2.27. The van der Waals surface area contributed by atoms with Gasteiger partial charge in [0.25, 0.3) is 5.91 Å². The highest BCUT2D eigenvalue weighted by Gasteiger charge is 2.21. The molecule has 23 heavy (non-hydrogen) atoms. The minimum Gasteiger partial charge on any atom is -0.492 e. The maximum atomic E-state index is 12.4. The molecule has 1 heterocycles. The molecule has 1 amide bonds. The SMILES string of the molecule is CN(CCOc1cccc(Cl)c1)C(=O)c1cnc(C(C)(C)C)s1. The molecule has 0 aliphatic rings. The van der Waals surface area contributed by atoms with Crippen molar-refractivity contribution in [3.8, 4) is 5.75 Å². The lowest BCUT2D eigenvalue weighted by atomic mass is 9.98. The molecule has 4 nitrogen and oxygen atoms in total. The van der Waals surface area contributed by atoms with Crippen LogP contribution in [-0.2, 0) is 5.41 Å². The molecular weight excluding hydrogens is 332 g/mol. The van der Waals surface area contributed by atoms with Crippen LogP contribution in [-0.4, -0.2) is 36.0 Å². The van der Waals surface area contributed by atoms with E-state index in [1.54, 1.807) is 30.3 Å². The number of likely N-dealkylation sites (N-methyl/N-ethyl adjacent to an activating group) is 1. The number of benzene rings is 1. The van der Waals surface area contributed by atoms with Crippen molar-refractivity contribution < 1.29 is 9.53 Å². The Morgan fingerprint density at radius 2 is 2.13 bits per heavy atom. The van der Waals surface area contributed by atoms with Gasteiger partial charge in [0.1, 0.15) is 17.2 Å². The highest BCUT2D eigenvalue weighted by atomic mass is 35.5. The summed E-state index contributed by atoms with van der Waals surface area (Å²) in [5.74, 6) is 0.666. The number of ether oxygens (including phenoxy) is 1. The van der Waals surface area contributed by atoms with Gasteiger partial charge in [0, 0.05) is 17.5 Å². The second kappa shape index (κ2) is 7.32. The first-order chi connectivity index (χ1) is 10.8. The van der Waals surface area contributed by atoms with Crippen LogP contribution in [0.4, 0.5) is 0 Å². The first-order valence-corrected chi connectivity index (χ1v) is 8.57. The van der Waals surface area contributed by atoms with Crippen LogP contribution < -0.4 is 4.74 Å². The fourth-order valence-electron chi connectivity index (χ4n) is 1.87. The molecule has 0 aliphatic heterocycles. The van der Waals surface area contributed by atoms with Crippen LogP contribution in [0.3, 0.4) is 0 Å². The van der Waals surface area contributed by atoms with Gasteiger partial charge >= 0.3 is 0 Å². The lowest BCUT2D eigenvalue weighted by molar-refractivity contribution is 0.0778. The molecule has 0 aliphatic carbocycles. The van der Waals surface area contributed by atoms with E-state index in [-0.39, 0.29) is 11.3 Å².